The van der Waals surface area contributed by atoms with Crippen molar-refractivity contribution in [2.24, 2.45) is 11.8 Å². The van der Waals surface area contributed by atoms with Crippen molar-refractivity contribution in [3.8, 4) is 0 Å². The van der Waals surface area contributed by atoms with Crippen molar-refractivity contribution in [3.63, 3.8) is 0 Å². The number of carbonyl (C=O) groups is 2. The molecule has 2 rings (SSSR count). The van der Waals surface area contributed by atoms with Crippen molar-refractivity contribution < 1.29 is 9.59 Å². The molecule has 1 aliphatic carbocycles. The van der Waals surface area contributed by atoms with Crippen molar-refractivity contribution in [1.82, 2.24) is 10.6 Å². The summed E-state index contributed by atoms with van der Waals surface area (Å²) in [6, 6.07) is 3.63. The molecule has 1 aromatic rings. The summed E-state index contributed by atoms with van der Waals surface area (Å²) in [5.74, 6) is 1.46. The third-order valence-electron chi connectivity index (χ3n) is 4.51. The summed E-state index contributed by atoms with van der Waals surface area (Å²) in [6.45, 7) is 3.44. The van der Waals surface area contributed by atoms with Gasteiger partial charge in [0.15, 0.2) is 0 Å². The highest BCUT2D eigenvalue weighted by Gasteiger charge is 2.20. The minimum Gasteiger partial charge on any atom is -0.356 e. The molecule has 0 atom stereocenters. The fourth-order valence-corrected chi connectivity index (χ4v) is 3.61. The van der Waals surface area contributed by atoms with Gasteiger partial charge in [-0.15, -0.1) is 11.3 Å². The van der Waals surface area contributed by atoms with Gasteiger partial charge < -0.3 is 10.6 Å². The molecule has 0 radical (unpaired) electrons. The highest BCUT2D eigenvalue weighted by molar-refractivity contribution is 7.12. The van der Waals surface area contributed by atoms with Crippen LogP contribution in [0.1, 0.15) is 55.1 Å². The fourth-order valence-electron chi connectivity index (χ4n) is 2.97. The Balaban J connectivity index is 1.56. The normalized spacial score (nSPS) is 21.3. The van der Waals surface area contributed by atoms with Crippen molar-refractivity contribution in [2.75, 3.05) is 13.1 Å². The molecule has 5 heteroatoms. The molecule has 1 aliphatic rings. The molecule has 122 valence electrons. The maximum absolute atomic E-state index is 11.8. The van der Waals surface area contributed by atoms with E-state index >= 15 is 0 Å². The maximum Gasteiger partial charge on any atom is 0.261 e. The van der Waals surface area contributed by atoms with E-state index in [4.69, 9.17) is 0 Å². The monoisotopic (exact) mass is 322 g/mol. The van der Waals surface area contributed by atoms with Gasteiger partial charge in [0.1, 0.15) is 0 Å². The van der Waals surface area contributed by atoms with Crippen LogP contribution in [-0.4, -0.2) is 24.9 Å². The van der Waals surface area contributed by atoms with E-state index in [9.17, 15) is 9.59 Å². The molecule has 2 N–H and O–H groups in total. The topological polar surface area (TPSA) is 58.2 Å². The summed E-state index contributed by atoms with van der Waals surface area (Å²) < 4.78 is 0. The van der Waals surface area contributed by atoms with Crippen LogP contribution >= 0.6 is 11.3 Å². The molecule has 0 spiro atoms. The van der Waals surface area contributed by atoms with Gasteiger partial charge >= 0.3 is 0 Å². The second kappa shape index (κ2) is 8.93. The lowest BCUT2D eigenvalue weighted by Crippen LogP contribution is -2.34. The minimum atomic E-state index is -0.0966. The predicted octanol–water partition coefficient (Wildman–Crippen LogP) is 3.20. The minimum absolute atomic E-state index is 0.0316. The van der Waals surface area contributed by atoms with E-state index < -0.39 is 0 Å². The highest BCUT2D eigenvalue weighted by atomic mass is 32.1. The summed E-state index contributed by atoms with van der Waals surface area (Å²) in [4.78, 5) is 24.2. The fraction of sp³-hybridized carbons (Fsp3) is 0.647. The molecule has 2 amide bonds. The van der Waals surface area contributed by atoms with E-state index in [-0.39, 0.29) is 11.8 Å². The molecule has 1 saturated carbocycles. The van der Waals surface area contributed by atoms with E-state index in [1.165, 1.54) is 43.4 Å². The number of rotatable bonds is 7. The summed E-state index contributed by atoms with van der Waals surface area (Å²) >= 11 is 1.41. The number of nitrogens with one attached hydrogen (secondary N) is 2. The number of amides is 2. The molecule has 0 unspecified atom stereocenters. The summed E-state index contributed by atoms with van der Waals surface area (Å²) in [7, 11) is 0. The molecule has 0 saturated heterocycles. The Morgan fingerprint density at radius 3 is 2.55 bits per heavy atom. The first-order valence-corrected chi connectivity index (χ1v) is 9.15. The van der Waals surface area contributed by atoms with E-state index in [1.54, 1.807) is 6.07 Å². The molecule has 0 aliphatic heterocycles. The molecular weight excluding hydrogens is 296 g/mol. The second-order valence-corrected chi connectivity index (χ2v) is 7.03. The van der Waals surface area contributed by atoms with Crippen LogP contribution in [0.3, 0.4) is 0 Å². The van der Waals surface area contributed by atoms with Crippen LogP contribution in [0.4, 0.5) is 0 Å². The van der Waals surface area contributed by atoms with Gasteiger partial charge in [0.25, 0.3) is 5.91 Å². The molecule has 1 fully saturated rings. The van der Waals surface area contributed by atoms with Gasteiger partial charge in [0, 0.05) is 19.5 Å². The van der Waals surface area contributed by atoms with E-state index in [0.29, 0.717) is 23.8 Å². The quantitative estimate of drug-likeness (QED) is 0.810. The van der Waals surface area contributed by atoms with E-state index in [0.717, 1.165) is 12.5 Å². The Morgan fingerprint density at radius 2 is 1.91 bits per heavy atom. The predicted molar refractivity (Wildman–Crippen MR) is 90.0 cm³/mol. The van der Waals surface area contributed by atoms with Crippen LogP contribution in [0.5, 0.6) is 0 Å². The standard InChI is InChI=1S/C17H26N2O2S/c1-2-13-5-7-14(8-6-13)12-19-16(20)9-10-18-17(21)15-4-3-11-22-15/h3-4,11,13-14H,2,5-10,12H2,1H3,(H,18,21)(H,19,20). The Kier molecular flexibility index (Phi) is 6.90. The van der Waals surface area contributed by atoms with Crippen molar-refractivity contribution in [1.29, 1.82) is 0 Å². The van der Waals surface area contributed by atoms with Crippen molar-refractivity contribution in [3.05, 3.63) is 22.4 Å². The first-order chi connectivity index (χ1) is 10.7. The van der Waals surface area contributed by atoms with Crippen LogP contribution in [0, 0.1) is 11.8 Å². The first kappa shape index (κ1) is 17.0. The third-order valence-corrected chi connectivity index (χ3v) is 5.38. The molecule has 22 heavy (non-hydrogen) atoms. The molecular formula is C17H26N2O2S. The summed E-state index contributed by atoms with van der Waals surface area (Å²) in [5.41, 5.74) is 0. The van der Waals surface area contributed by atoms with Gasteiger partial charge in [0.2, 0.25) is 5.91 Å². The molecule has 1 heterocycles. The second-order valence-electron chi connectivity index (χ2n) is 6.08. The lowest BCUT2D eigenvalue weighted by molar-refractivity contribution is -0.121. The summed E-state index contributed by atoms with van der Waals surface area (Å²) in [5, 5.41) is 7.65. The zero-order chi connectivity index (χ0) is 15.8. The van der Waals surface area contributed by atoms with Crippen LogP contribution < -0.4 is 10.6 Å². The molecule has 0 bridgehead atoms. The zero-order valence-corrected chi connectivity index (χ0v) is 14.1. The van der Waals surface area contributed by atoms with Crippen LogP contribution in [-0.2, 0) is 4.79 Å². The highest BCUT2D eigenvalue weighted by Crippen LogP contribution is 2.30. The Labute approximate surface area is 136 Å². The largest absolute Gasteiger partial charge is 0.356 e. The van der Waals surface area contributed by atoms with Crippen LogP contribution in [0.25, 0.3) is 0 Å². The van der Waals surface area contributed by atoms with Gasteiger partial charge in [-0.1, -0.05) is 32.3 Å². The first-order valence-electron chi connectivity index (χ1n) is 8.27. The van der Waals surface area contributed by atoms with E-state index in [2.05, 4.69) is 17.6 Å². The van der Waals surface area contributed by atoms with Gasteiger partial charge in [-0.05, 0) is 36.1 Å². The number of thiophene rings is 1. The SMILES string of the molecule is CCC1CCC(CNC(=O)CCNC(=O)c2cccs2)CC1. The molecule has 1 aromatic heterocycles. The van der Waals surface area contributed by atoms with Gasteiger partial charge in [-0.3, -0.25) is 9.59 Å². The lowest BCUT2D eigenvalue weighted by atomic mass is 9.81. The van der Waals surface area contributed by atoms with E-state index in [1.807, 2.05) is 11.4 Å². The number of hydrogen-bond donors (Lipinski definition) is 2. The lowest BCUT2D eigenvalue weighted by Gasteiger charge is -2.27. The third kappa shape index (κ3) is 5.44. The Bertz CT molecular complexity index is 465. The Morgan fingerprint density at radius 1 is 1.18 bits per heavy atom. The average molecular weight is 322 g/mol. The molecule has 0 aromatic carbocycles. The maximum atomic E-state index is 11.8. The summed E-state index contributed by atoms with van der Waals surface area (Å²) in [6.07, 6.45) is 6.69. The zero-order valence-electron chi connectivity index (χ0n) is 13.3. The molecule has 4 nitrogen and oxygen atoms in total. The van der Waals surface area contributed by atoms with Crippen LogP contribution in [0.15, 0.2) is 17.5 Å². The Hall–Kier alpha value is -1.36. The number of carbonyl (C=O) groups excluding carboxylic acids is 2. The van der Waals surface area contributed by atoms with Crippen LogP contribution in [0.2, 0.25) is 0 Å². The average Bonchev–Trinajstić information content (AvgIpc) is 3.08. The van der Waals surface area contributed by atoms with Gasteiger partial charge in [0.05, 0.1) is 4.88 Å². The van der Waals surface area contributed by atoms with Crippen molar-refractivity contribution in [2.45, 2.75) is 45.4 Å². The van der Waals surface area contributed by atoms with Crippen molar-refractivity contribution >= 4 is 23.2 Å². The number of hydrogen-bond acceptors (Lipinski definition) is 3. The van der Waals surface area contributed by atoms with Gasteiger partial charge in [-0.25, -0.2) is 0 Å². The smallest absolute Gasteiger partial charge is 0.261 e. The van der Waals surface area contributed by atoms with Gasteiger partial charge in [-0.2, -0.15) is 0 Å².